The molecule has 0 aromatic heterocycles. The Morgan fingerprint density at radius 2 is 1.55 bits per heavy atom. The fraction of sp³-hybridized carbons (Fsp3) is 0.0938. The molecule has 4 rings (SSSR count). The molecule has 4 aromatic carbocycles. The van der Waals surface area contributed by atoms with E-state index in [-0.39, 0.29) is 23.3 Å². The summed E-state index contributed by atoms with van der Waals surface area (Å²) in [5.41, 5.74) is 3.46. The normalized spacial score (nSPS) is 10.9. The minimum atomic E-state index is -0.469. The van der Waals surface area contributed by atoms with Crippen molar-refractivity contribution in [3.63, 3.8) is 0 Å². The second kappa shape index (κ2) is 13.8. The van der Waals surface area contributed by atoms with Crippen LogP contribution in [0.5, 0.6) is 5.75 Å². The van der Waals surface area contributed by atoms with Gasteiger partial charge in [-0.05, 0) is 66.6 Å². The van der Waals surface area contributed by atoms with Gasteiger partial charge in [0.05, 0.1) is 18.6 Å². The third kappa shape index (κ3) is 7.85. The van der Waals surface area contributed by atoms with Gasteiger partial charge in [0.2, 0.25) is 5.91 Å². The Morgan fingerprint density at radius 1 is 0.825 bits per heavy atom. The molecule has 0 radical (unpaired) electrons. The van der Waals surface area contributed by atoms with Crippen molar-refractivity contribution < 1.29 is 19.1 Å². The highest BCUT2D eigenvalue weighted by molar-refractivity contribution is 8.00. The predicted molar refractivity (Wildman–Crippen MR) is 160 cm³/mol. The number of hydrogen-bond donors (Lipinski definition) is 3. The summed E-state index contributed by atoms with van der Waals surface area (Å²) in [6, 6.07) is 30.7. The van der Waals surface area contributed by atoms with Gasteiger partial charge < -0.3 is 20.7 Å². The van der Waals surface area contributed by atoms with Crippen LogP contribution in [0.4, 0.5) is 11.4 Å². The average molecular weight is 552 g/mol. The predicted octanol–water partition coefficient (Wildman–Crippen LogP) is 6.14. The van der Waals surface area contributed by atoms with E-state index in [4.69, 9.17) is 4.74 Å². The number of carbonyl (C=O) groups is 3. The lowest BCUT2D eigenvalue weighted by Crippen LogP contribution is -2.30. The first-order valence-corrected chi connectivity index (χ1v) is 13.5. The van der Waals surface area contributed by atoms with E-state index < -0.39 is 5.91 Å². The summed E-state index contributed by atoms with van der Waals surface area (Å²) in [7, 11) is 1.55. The minimum absolute atomic E-state index is 0.109. The van der Waals surface area contributed by atoms with Crippen molar-refractivity contribution >= 4 is 46.9 Å². The smallest absolute Gasteiger partial charge is 0.272 e. The first-order chi connectivity index (χ1) is 19.4. The first kappa shape index (κ1) is 28.2. The number of hydrogen-bond acceptors (Lipinski definition) is 5. The van der Waals surface area contributed by atoms with Crippen molar-refractivity contribution in [2.45, 2.75) is 11.8 Å². The topological polar surface area (TPSA) is 96.5 Å². The number of aryl methyl sites for hydroxylation is 1. The lowest BCUT2D eigenvalue weighted by molar-refractivity contribution is -0.114. The summed E-state index contributed by atoms with van der Waals surface area (Å²) in [6.07, 6.45) is 1.66. The van der Waals surface area contributed by atoms with Crippen LogP contribution in [0.25, 0.3) is 6.08 Å². The molecule has 0 aliphatic heterocycles. The summed E-state index contributed by atoms with van der Waals surface area (Å²) >= 11 is 1.33. The molecule has 202 valence electrons. The van der Waals surface area contributed by atoms with Crippen molar-refractivity contribution in [1.82, 2.24) is 5.32 Å². The van der Waals surface area contributed by atoms with Crippen LogP contribution in [-0.2, 0) is 9.59 Å². The quantitative estimate of drug-likeness (QED) is 0.162. The number of ether oxygens (including phenoxy) is 1. The molecule has 0 spiro atoms. The second-order valence-corrected chi connectivity index (χ2v) is 9.80. The maximum Gasteiger partial charge on any atom is 0.272 e. The fourth-order valence-corrected chi connectivity index (χ4v) is 4.55. The van der Waals surface area contributed by atoms with Crippen LogP contribution in [0.15, 0.2) is 114 Å². The van der Waals surface area contributed by atoms with Gasteiger partial charge in [-0.2, -0.15) is 0 Å². The number of para-hydroxylation sites is 2. The summed E-state index contributed by atoms with van der Waals surface area (Å²) < 4.78 is 5.28. The van der Waals surface area contributed by atoms with Gasteiger partial charge >= 0.3 is 0 Å². The van der Waals surface area contributed by atoms with Gasteiger partial charge in [0.1, 0.15) is 11.4 Å². The van der Waals surface area contributed by atoms with E-state index in [0.29, 0.717) is 22.7 Å². The first-order valence-electron chi connectivity index (χ1n) is 12.5. The number of methoxy groups -OCH3 is 1. The van der Waals surface area contributed by atoms with E-state index in [9.17, 15) is 14.4 Å². The molecule has 3 N–H and O–H groups in total. The van der Waals surface area contributed by atoms with E-state index in [2.05, 4.69) is 16.0 Å². The van der Waals surface area contributed by atoms with Gasteiger partial charge in [-0.15, -0.1) is 11.8 Å². The molecule has 0 heterocycles. The summed E-state index contributed by atoms with van der Waals surface area (Å²) in [5.74, 6) is -0.291. The zero-order valence-corrected chi connectivity index (χ0v) is 23.0. The van der Waals surface area contributed by atoms with E-state index in [1.807, 2.05) is 55.5 Å². The fourth-order valence-electron chi connectivity index (χ4n) is 3.79. The van der Waals surface area contributed by atoms with Crippen molar-refractivity contribution in [3.8, 4) is 5.75 Å². The minimum Gasteiger partial charge on any atom is -0.495 e. The number of nitrogens with one attached hydrogen (secondary N) is 3. The summed E-state index contributed by atoms with van der Waals surface area (Å²) in [6.45, 7) is 1.94. The van der Waals surface area contributed by atoms with E-state index in [1.165, 1.54) is 11.8 Å². The van der Waals surface area contributed by atoms with Crippen LogP contribution in [0.1, 0.15) is 21.5 Å². The zero-order valence-electron chi connectivity index (χ0n) is 22.1. The Kier molecular flexibility index (Phi) is 9.74. The van der Waals surface area contributed by atoms with Crippen LogP contribution in [0.3, 0.4) is 0 Å². The highest BCUT2D eigenvalue weighted by Crippen LogP contribution is 2.25. The Morgan fingerprint density at radius 3 is 2.33 bits per heavy atom. The van der Waals surface area contributed by atoms with Gasteiger partial charge in [0, 0.05) is 16.1 Å². The molecule has 0 atom stereocenters. The summed E-state index contributed by atoms with van der Waals surface area (Å²) in [5, 5.41) is 8.48. The molecule has 40 heavy (non-hydrogen) atoms. The molecule has 0 fully saturated rings. The zero-order chi connectivity index (χ0) is 28.3. The molecule has 7 nitrogen and oxygen atoms in total. The van der Waals surface area contributed by atoms with Crippen LogP contribution in [0.2, 0.25) is 0 Å². The van der Waals surface area contributed by atoms with Crippen molar-refractivity contribution in [2.24, 2.45) is 0 Å². The van der Waals surface area contributed by atoms with Gasteiger partial charge in [0.25, 0.3) is 11.8 Å². The number of amides is 3. The van der Waals surface area contributed by atoms with Gasteiger partial charge in [0.15, 0.2) is 0 Å². The molecule has 4 aromatic rings. The Bertz CT molecular complexity index is 1540. The number of thioether (sulfide) groups is 1. The van der Waals surface area contributed by atoms with Gasteiger partial charge in [-0.1, -0.05) is 60.7 Å². The third-order valence-corrected chi connectivity index (χ3v) is 6.85. The number of carbonyl (C=O) groups excluding carboxylic acids is 3. The maximum atomic E-state index is 13.4. The Hall–Kier alpha value is -4.82. The lowest BCUT2D eigenvalue weighted by Gasteiger charge is -2.13. The summed E-state index contributed by atoms with van der Waals surface area (Å²) in [4.78, 5) is 39.6. The number of rotatable bonds is 10. The second-order valence-electron chi connectivity index (χ2n) is 8.75. The Labute approximate surface area is 237 Å². The number of benzene rings is 4. The standard InChI is InChI=1S/C32H29N3O4S/c1-22-11-6-7-14-24(22)19-28(35-31(37)23-12-4-3-5-13-23)32(38)33-25-15-10-16-26(20-25)40-21-30(36)34-27-17-8-9-18-29(27)39-2/h3-20H,21H2,1-2H3,(H,33,38)(H,34,36)(H,35,37)/b28-19-. The lowest BCUT2D eigenvalue weighted by atomic mass is 10.1. The molecule has 8 heteroatoms. The van der Waals surface area contributed by atoms with E-state index in [0.717, 1.165) is 16.0 Å². The Balaban J connectivity index is 1.46. The van der Waals surface area contributed by atoms with Crippen LogP contribution in [-0.4, -0.2) is 30.6 Å². The van der Waals surface area contributed by atoms with Crippen molar-refractivity contribution in [2.75, 3.05) is 23.5 Å². The van der Waals surface area contributed by atoms with Gasteiger partial charge in [-0.25, -0.2) is 0 Å². The van der Waals surface area contributed by atoms with E-state index in [1.54, 1.807) is 67.8 Å². The monoisotopic (exact) mass is 551 g/mol. The SMILES string of the molecule is COc1ccccc1NC(=O)CSc1cccc(NC(=O)/C(=C/c2ccccc2C)NC(=O)c2ccccc2)c1. The molecule has 0 saturated heterocycles. The van der Waals surface area contributed by atoms with Crippen LogP contribution < -0.4 is 20.7 Å². The molecule has 0 bridgehead atoms. The van der Waals surface area contributed by atoms with Crippen molar-refractivity contribution in [3.05, 3.63) is 126 Å². The molecule has 0 unspecified atom stereocenters. The van der Waals surface area contributed by atoms with Crippen LogP contribution in [0, 0.1) is 6.92 Å². The average Bonchev–Trinajstić information content (AvgIpc) is 2.97. The third-order valence-electron chi connectivity index (χ3n) is 5.86. The molecule has 0 saturated carbocycles. The highest BCUT2D eigenvalue weighted by Gasteiger charge is 2.16. The van der Waals surface area contributed by atoms with E-state index >= 15 is 0 Å². The molecule has 0 aliphatic carbocycles. The molecule has 3 amide bonds. The maximum absolute atomic E-state index is 13.4. The van der Waals surface area contributed by atoms with Crippen molar-refractivity contribution in [1.29, 1.82) is 0 Å². The molecule has 0 aliphatic rings. The van der Waals surface area contributed by atoms with Gasteiger partial charge in [-0.3, -0.25) is 14.4 Å². The van der Waals surface area contributed by atoms with Crippen LogP contribution >= 0.6 is 11.8 Å². The molecular formula is C32H29N3O4S. The highest BCUT2D eigenvalue weighted by atomic mass is 32.2. The largest absolute Gasteiger partial charge is 0.495 e. The molecular weight excluding hydrogens is 522 g/mol. The number of anilines is 2.